The Hall–Kier alpha value is -2.43. The molecule has 0 aliphatic carbocycles. The van der Waals surface area contributed by atoms with Gasteiger partial charge in [0.1, 0.15) is 25.1 Å². The zero-order chi connectivity index (χ0) is 20.6. The molecule has 0 saturated carbocycles. The first kappa shape index (κ1) is 20.3. The molecule has 6 nitrogen and oxygen atoms in total. The number of hydrogen-bond donors (Lipinski definition) is 1. The second-order valence-corrected chi connectivity index (χ2v) is 6.91. The van der Waals surface area contributed by atoms with E-state index in [1.165, 1.54) is 16.7 Å². The highest BCUT2D eigenvalue weighted by atomic mass is 19.4. The molecule has 1 aliphatic heterocycles. The largest absolute Gasteiger partial charge is 0.406 e. The Morgan fingerprint density at radius 2 is 2.11 bits per heavy atom. The van der Waals surface area contributed by atoms with Crippen LogP contribution < -0.4 is 10.6 Å². The summed E-state index contributed by atoms with van der Waals surface area (Å²) in [5.41, 5.74) is 6.42. The Balaban J connectivity index is 1.95. The first-order valence-electron chi connectivity index (χ1n) is 8.66. The third-order valence-corrected chi connectivity index (χ3v) is 4.68. The van der Waals surface area contributed by atoms with E-state index < -0.39 is 43.2 Å². The Morgan fingerprint density at radius 3 is 2.75 bits per heavy atom. The van der Waals surface area contributed by atoms with E-state index in [9.17, 15) is 26.7 Å². The quantitative estimate of drug-likeness (QED) is 0.791. The van der Waals surface area contributed by atoms with E-state index in [2.05, 4.69) is 4.98 Å². The Kier molecular flexibility index (Phi) is 5.46. The van der Waals surface area contributed by atoms with Gasteiger partial charge in [0.05, 0.1) is 17.1 Å². The molecular weight excluding hydrogens is 385 g/mol. The maximum absolute atomic E-state index is 13.7. The monoisotopic (exact) mass is 405 g/mol. The number of halogens is 5. The smallest absolute Gasteiger partial charge is 0.340 e. The number of imidazole rings is 1. The summed E-state index contributed by atoms with van der Waals surface area (Å²) in [5.74, 6) is -1.14. The summed E-state index contributed by atoms with van der Waals surface area (Å²) in [4.78, 5) is 18.9. The van der Waals surface area contributed by atoms with Crippen molar-refractivity contribution >= 4 is 22.9 Å². The second kappa shape index (κ2) is 7.53. The van der Waals surface area contributed by atoms with Crippen molar-refractivity contribution in [2.45, 2.75) is 31.4 Å². The number of rotatable bonds is 4. The van der Waals surface area contributed by atoms with Crippen LogP contribution in [0.3, 0.4) is 0 Å². The van der Waals surface area contributed by atoms with Crippen LogP contribution in [0.1, 0.15) is 6.42 Å². The molecule has 154 valence electrons. The molecule has 2 N–H and O–H groups in total. The summed E-state index contributed by atoms with van der Waals surface area (Å²) < 4.78 is 66.5. The molecule has 11 heteroatoms. The molecule has 3 rings (SSSR count). The van der Waals surface area contributed by atoms with Crippen LogP contribution in [0.25, 0.3) is 11.0 Å². The summed E-state index contributed by atoms with van der Waals surface area (Å²) >= 11 is 0. The molecule has 1 amide bonds. The highest BCUT2D eigenvalue weighted by Gasteiger charge is 2.33. The topological polar surface area (TPSA) is 67.4 Å². The van der Waals surface area contributed by atoms with Crippen LogP contribution >= 0.6 is 0 Å². The number of aromatic nitrogens is 2. The van der Waals surface area contributed by atoms with Gasteiger partial charge < -0.3 is 20.1 Å². The van der Waals surface area contributed by atoms with E-state index in [4.69, 9.17) is 5.73 Å². The normalized spacial score (nSPS) is 20.6. The van der Waals surface area contributed by atoms with E-state index >= 15 is 0 Å². The summed E-state index contributed by atoms with van der Waals surface area (Å²) in [6.07, 6.45) is -5.56. The minimum Gasteiger partial charge on any atom is -0.340 e. The van der Waals surface area contributed by atoms with Gasteiger partial charge in [0.15, 0.2) is 0 Å². The van der Waals surface area contributed by atoms with Crippen molar-refractivity contribution in [3.8, 4) is 0 Å². The average molecular weight is 405 g/mol. The first-order chi connectivity index (χ1) is 13.0. The lowest BCUT2D eigenvalue weighted by Gasteiger charge is -2.34. The SMILES string of the molecule is CN(CC(F)(F)F)C(=O)Cn1c(N2CC[C@@H](F)[C@H](N)C2)nc2ccc(F)cc21. The molecule has 1 aliphatic rings. The third-order valence-electron chi connectivity index (χ3n) is 4.68. The summed E-state index contributed by atoms with van der Waals surface area (Å²) in [6.45, 7) is -1.47. The van der Waals surface area contributed by atoms with Crippen molar-refractivity contribution in [2.75, 3.05) is 31.6 Å². The van der Waals surface area contributed by atoms with Crippen molar-refractivity contribution < 1.29 is 26.7 Å². The number of hydrogen-bond acceptors (Lipinski definition) is 4. The molecule has 1 fully saturated rings. The van der Waals surface area contributed by atoms with Gasteiger partial charge in [-0.1, -0.05) is 0 Å². The number of fused-ring (bicyclic) bond motifs is 1. The van der Waals surface area contributed by atoms with Gasteiger partial charge in [-0.2, -0.15) is 13.2 Å². The first-order valence-corrected chi connectivity index (χ1v) is 8.66. The predicted octanol–water partition coefficient (Wildman–Crippen LogP) is 2.07. The lowest BCUT2D eigenvalue weighted by atomic mass is 10.1. The molecule has 0 spiro atoms. The van der Waals surface area contributed by atoms with Crippen LogP contribution in [0.4, 0.5) is 27.9 Å². The summed E-state index contributed by atoms with van der Waals surface area (Å²) in [5, 5.41) is 0. The summed E-state index contributed by atoms with van der Waals surface area (Å²) in [7, 11) is 1.04. The molecule has 0 unspecified atom stereocenters. The number of amides is 1. The lowest BCUT2D eigenvalue weighted by molar-refractivity contribution is -0.158. The van der Waals surface area contributed by atoms with Gasteiger partial charge >= 0.3 is 6.18 Å². The molecule has 0 radical (unpaired) electrons. The number of piperidine rings is 1. The van der Waals surface area contributed by atoms with Gasteiger partial charge in [-0.25, -0.2) is 13.8 Å². The molecular formula is C17H20F5N5O. The van der Waals surface area contributed by atoms with Gasteiger partial charge in [0.25, 0.3) is 0 Å². The molecule has 2 atom stereocenters. The number of anilines is 1. The fourth-order valence-corrected chi connectivity index (χ4v) is 3.23. The zero-order valence-corrected chi connectivity index (χ0v) is 15.1. The predicted molar refractivity (Wildman–Crippen MR) is 93.1 cm³/mol. The van der Waals surface area contributed by atoms with Gasteiger partial charge in [-0.15, -0.1) is 0 Å². The van der Waals surface area contributed by atoms with Crippen LogP contribution in [0.5, 0.6) is 0 Å². The van der Waals surface area contributed by atoms with Crippen molar-refractivity contribution in [1.82, 2.24) is 14.5 Å². The summed E-state index contributed by atoms with van der Waals surface area (Å²) in [6, 6.07) is 3.00. The number of likely N-dealkylation sites (N-methyl/N-ethyl adjacent to an activating group) is 1. The van der Waals surface area contributed by atoms with Crippen molar-refractivity contribution in [3.05, 3.63) is 24.0 Å². The van der Waals surface area contributed by atoms with Crippen molar-refractivity contribution in [1.29, 1.82) is 0 Å². The molecule has 28 heavy (non-hydrogen) atoms. The molecule has 1 aromatic carbocycles. The second-order valence-electron chi connectivity index (χ2n) is 6.91. The zero-order valence-electron chi connectivity index (χ0n) is 15.1. The Bertz CT molecular complexity index is 867. The standard InChI is InChI=1S/C17H20F5N5O/c1-25(9-17(20,21)22)15(28)8-27-14-6-10(18)2-3-13(14)24-16(27)26-5-4-11(19)12(23)7-26/h2-3,6,11-12H,4-5,7-9,23H2,1H3/t11-,12-/m1/s1. The number of carbonyl (C=O) groups excluding carboxylic acids is 1. The van der Waals surface area contributed by atoms with E-state index in [0.717, 1.165) is 13.1 Å². The number of nitrogens with two attached hydrogens (primary N) is 1. The molecule has 2 aromatic rings. The highest BCUT2D eigenvalue weighted by Crippen LogP contribution is 2.27. The fourth-order valence-electron chi connectivity index (χ4n) is 3.23. The van der Waals surface area contributed by atoms with E-state index in [1.807, 2.05) is 0 Å². The van der Waals surface area contributed by atoms with Gasteiger partial charge in [0.2, 0.25) is 11.9 Å². The maximum atomic E-state index is 13.7. The van der Waals surface area contributed by atoms with Crippen LogP contribution in [0.15, 0.2) is 18.2 Å². The number of benzene rings is 1. The molecule has 1 aromatic heterocycles. The fraction of sp³-hybridized carbons (Fsp3) is 0.529. The number of carbonyl (C=O) groups is 1. The lowest BCUT2D eigenvalue weighted by Crippen LogP contribution is -2.50. The van der Waals surface area contributed by atoms with Crippen molar-refractivity contribution in [2.24, 2.45) is 5.73 Å². The van der Waals surface area contributed by atoms with Crippen LogP contribution in [0, 0.1) is 5.82 Å². The van der Waals surface area contributed by atoms with Gasteiger partial charge in [-0.05, 0) is 24.6 Å². The Labute approximate surface area is 157 Å². The van der Waals surface area contributed by atoms with Crippen molar-refractivity contribution in [3.63, 3.8) is 0 Å². The van der Waals surface area contributed by atoms with Crippen LogP contribution in [-0.4, -0.2) is 65.4 Å². The number of alkyl halides is 4. The van der Waals surface area contributed by atoms with Crippen LogP contribution in [0.2, 0.25) is 0 Å². The average Bonchev–Trinajstić information content (AvgIpc) is 2.93. The Morgan fingerprint density at radius 1 is 1.39 bits per heavy atom. The van der Waals surface area contributed by atoms with E-state index in [1.54, 1.807) is 4.90 Å². The third kappa shape index (κ3) is 4.34. The van der Waals surface area contributed by atoms with E-state index in [0.29, 0.717) is 10.4 Å². The molecule has 1 saturated heterocycles. The van der Waals surface area contributed by atoms with Gasteiger partial charge in [0, 0.05) is 20.1 Å². The van der Waals surface area contributed by atoms with Gasteiger partial charge in [-0.3, -0.25) is 4.79 Å². The van der Waals surface area contributed by atoms with E-state index in [-0.39, 0.29) is 31.0 Å². The number of nitrogens with zero attached hydrogens (tertiary/aromatic N) is 4. The molecule has 0 bridgehead atoms. The van der Waals surface area contributed by atoms with Crippen LogP contribution in [-0.2, 0) is 11.3 Å². The molecule has 2 heterocycles. The minimum atomic E-state index is -4.54. The minimum absolute atomic E-state index is 0.125. The highest BCUT2D eigenvalue weighted by molar-refractivity contribution is 5.83. The maximum Gasteiger partial charge on any atom is 0.406 e.